The minimum atomic E-state index is -0.341. The lowest BCUT2D eigenvalue weighted by Gasteiger charge is -2.09. The summed E-state index contributed by atoms with van der Waals surface area (Å²) in [6.45, 7) is 0.561. The number of nitrogens with zero attached hydrogens (tertiary/aromatic N) is 3. The van der Waals surface area contributed by atoms with Crippen LogP contribution in [0.5, 0.6) is 0 Å². The number of carbonyl (C=O) groups is 1. The Morgan fingerprint density at radius 3 is 2.96 bits per heavy atom. The van der Waals surface area contributed by atoms with Crippen molar-refractivity contribution in [3.8, 4) is 12.3 Å². The van der Waals surface area contributed by atoms with E-state index < -0.39 is 0 Å². The molecule has 1 N–H and O–H groups in total. The van der Waals surface area contributed by atoms with Crippen molar-refractivity contribution >= 4 is 39.1 Å². The fourth-order valence-electron chi connectivity index (χ4n) is 2.43. The van der Waals surface area contributed by atoms with Crippen molar-refractivity contribution < 1.29 is 4.79 Å². The molecule has 0 saturated carbocycles. The zero-order chi connectivity index (χ0) is 17.0. The molecule has 0 spiro atoms. The number of nitrogens with one attached hydrogen (secondary N) is 1. The van der Waals surface area contributed by atoms with Crippen LogP contribution < -0.4 is 5.32 Å². The number of carbonyl (C=O) groups excluding carboxylic acids is 1. The first-order chi connectivity index (χ1) is 11.6. The van der Waals surface area contributed by atoms with Gasteiger partial charge in [-0.25, -0.2) is 4.98 Å². The second-order valence-electron chi connectivity index (χ2n) is 5.71. The van der Waals surface area contributed by atoms with Gasteiger partial charge in [0.15, 0.2) is 5.66 Å². The van der Waals surface area contributed by atoms with Gasteiger partial charge in [0.1, 0.15) is 0 Å². The molecule has 0 saturated heterocycles. The van der Waals surface area contributed by atoms with Crippen LogP contribution >= 0.6 is 22.9 Å². The van der Waals surface area contributed by atoms with Crippen LogP contribution in [-0.2, 0) is 11.2 Å². The van der Waals surface area contributed by atoms with E-state index >= 15 is 0 Å². The number of fused-ring (bicyclic) bond motifs is 1. The molecular formula is C17H17ClN4OS. The van der Waals surface area contributed by atoms with Crippen LogP contribution in [0.3, 0.4) is 0 Å². The Morgan fingerprint density at radius 1 is 1.38 bits per heavy atom. The summed E-state index contributed by atoms with van der Waals surface area (Å²) in [6.07, 6.45) is 8.42. The van der Waals surface area contributed by atoms with E-state index in [1.165, 1.54) is 0 Å². The monoisotopic (exact) mass is 360 g/mol. The second kappa shape index (κ2) is 7.29. The highest BCUT2D eigenvalue weighted by molar-refractivity contribution is 7.18. The number of terminal acetylenes is 1. The first-order valence-electron chi connectivity index (χ1n) is 7.79. The quantitative estimate of drug-likeness (QED) is 0.724. The fraction of sp³-hybridized carbons (Fsp3) is 0.412. The van der Waals surface area contributed by atoms with Crippen molar-refractivity contribution in [3.63, 3.8) is 0 Å². The predicted molar refractivity (Wildman–Crippen MR) is 96.2 cm³/mol. The number of benzene rings is 1. The average Bonchev–Trinajstić information content (AvgIpc) is 3.21. The molecule has 1 aliphatic rings. The first kappa shape index (κ1) is 16.9. The number of aryl methyl sites for hydroxylation is 1. The van der Waals surface area contributed by atoms with Gasteiger partial charge in [-0.05, 0) is 18.2 Å². The molecular weight excluding hydrogens is 344 g/mol. The van der Waals surface area contributed by atoms with Crippen molar-refractivity contribution in [2.45, 2.75) is 37.8 Å². The van der Waals surface area contributed by atoms with E-state index in [0.29, 0.717) is 37.3 Å². The molecule has 2 aromatic rings. The zero-order valence-corrected chi connectivity index (χ0v) is 14.7. The van der Waals surface area contributed by atoms with E-state index in [1.54, 1.807) is 11.3 Å². The highest BCUT2D eigenvalue weighted by atomic mass is 35.5. The third-order valence-corrected chi connectivity index (χ3v) is 5.19. The number of hydrogen-bond acceptors (Lipinski definition) is 5. The molecule has 2 heterocycles. The Balaban J connectivity index is 1.41. The van der Waals surface area contributed by atoms with Gasteiger partial charge < -0.3 is 5.32 Å². The summed E-state index contributed by atoms with van der Waals surface area (Å²) in [5, 5.41) is 12.6. The Hall–Kier alpha value is -1.97. The number of thiazole rings is 1. The third kappa shape index (κ3) is 4.31. The number of amides is 1. The smallest absolute Gasteiger partial charge is 0.220 e. The minimum absolute atomic E-state index is 0.0139. The van der Waals surface area contributed by atoms with E-state index in [-0.39, 0.29) is 11.6 Å². The highest BCUT2D eigenvalue weighted by Gasteiger charge is 2.38. The molecule has 7 heteroatoms. The van der Waals surface area contributed by atoms with E-state index in [2.05, 4.69) is 26.4 Å². The summed E-state index contributed by atoms with van der Waals surface area (Å²) in [6, 6.07) is 5.65. The van der Waals surface area contributed by atoms with Crippen LogP contribution in [0.2, 0.25) is 5.02 Å². The molecule has 124 valence electrons. The molecule has 0 fully saturated rings. The SMILES string of the molecule is C#CCCC1(CCNC(=O)CCc2nc3cc(Cl)ccc3s2)N=N1. The van der Waals surface area contributed by atoms with Crippen LogP contribution in [0.15, 0.2) is 28.4 Å². The lowest BCUT2D eigenvalue weighted by Crippen LogP contribution is -2.28. The van der Waals surface area contributed by atoms with Gasteiger partial charge in [-0.3, -0.25) is 4.79 Å². The molecule has 0 radical (unpaired) electrons. The normalized spacial score (nSPS) is 14.5. The molecule has 1 amide bonds. The maximum atomic E-state index is 12.0. The second-order valence-corrected chi connectivity index (χ2v) is 7.26. The zero-order valence-electron chi connectivity index (χ0n) is 13.1. The summed E-state index contributed by atoms with van der Waals surface area (Å²) >= 11 is 7.56. The average molecular weight is 361 g/mol. The van der Waals surface area contributed by atoms with E-state index in [4.69, 9.17) is 18.0 Å². The highest BCUT2D eigenvalue weighted by Crippen LogP contribution is 2.36. The number of rotatable bonds is 8. The minimum Gasteiger partial charge on any atom is -0.356 e. The van der Waals surface area contributed by atoms with Crippen molar-refractivity contribution in [1.82, 2.24) is 10.3 Å². The number of hydrogen-bond donors (Lipinski definition) is 1. The molecule has 0 unspecified atom stereocenters. The standard InChI is InChI=1S/C17H17ClN4OS/c1-2-3-8-17(21-22-17)9-10-19-15(23)6-7-16-20-13-11-12(18)4-5-14(13)24-16/h1,4-5,11H,3,6-10H2,(H,19,23). The Kier molecular flexibility index (Phi) is 5.12. The molecule has 0 bridgehead atoms. The third-order valence-electron chi connectivity index (χ3n) is 3.86. The van der Waals surface area contributed by atoms with E-state index in [0.717, 1.165) is 21.6 Å². The fourth-order valence-corrected chi connectivity index (χ4v) is 3.55. The van der Waals surface area contributed by atoms with Crippen LogP contribution in [0, 0.1) is 12.3 Å². The van der Waals surface area contributed by atoms with Crippen LogP contribution in [0.25, 0.3) is 10.2 Å². The molecule has 24 heavy (non-hydrogen) atoms. The van der Waals surface area contributed by atoms with Gasteiger partial charge in [0.05, 0.1) is 15.2 Å². The van der Waals surface area contributed by atoms with E-state index in [9.17, 15) is 4.79 Å². The molecule has 3 rings (SSSR count). The molecule has 0 atom stereocenters. The van der Waals surface area contributed by atoms with Gasteiger partial charge in [-0.2, -0.15) is 10.2 Å². The van der Waals surface area contributed by atoms with Crippen LogP contribution in [0.4, 0.5) is 0 Å². The maximum absolute atomic E-state index is 12.0. The summed E-state index contributed by atoms with van der Waals surface area (Å²) < 4.78 is 1.09. The summed E-state index contributed by atoms with van der Waals surface area (Å²) in [7, 11) is 0. The Morgan fingerprint density at radius 2 is 2.21 bits per heavy atom. The van der Waals surface area contributed by atoms with Gasteiger partial charge in [-0.1, -0.05) is 11.6 Å². The summed E-state index contributed by atoms with van der Waals surface area (Å²) in [5.74, 6) is 2.61. The molecule has 1 aromatic carbocycles. The lowest BCUT2D eigenvalue weighted by molar-refractivity contribution is -0.121. The van der Waals surface area contributed by atoms with Crippen molar-refractivity contribution in [2.75, 3.05) is 6.54 Å². The number of halogens is 1. The van der Waals surface area contributed by atoms with Crippen LogP contribution in [-0.4, -0.2) is 23.1 Å². The van der Waals surface area contributed by atoms with Crippen LogP contribution in [0.1, 0.15) is 30.7 Å². The molecule has 5 nitrogen and oxygen atoms in total. The lowest BCUT2D eigenvalue weighted by atomic mass is 10.0. The number of aromatic nitrogens is 1. The van der Waals surface area contributed by atoms with Gasteiger partial charge in [0.25, 0.3) is 0 Å². The Labute approximate surface area is 149 Å². The molecule has 0 aliphatic carbocycles. The Bertz CT molecular complexity index is 818. The van der Waals surface area contributed by atoms with Crippen molar-refractivity contribution in [1.29, 1.82) is 0 Å². The van der Waals surface area contributed by atoms with Crippen molar-refractivity contribution in [3.05, 3.63) is 28.2 Å². The molecule has 1 aromatic heterocycles. The topological polar surface area (TPSA) is 66.7 Å². The van der Waals surface area contributed by atoms with Gasteiger partial charge >= 0.3 is 0 Å². The largest absolute Gasteiger partial charge is 0.356 e. The maximum Gasteiger partial charge on any atom is 0.220 e. The van der Waals surface area contributed by atoms with Gasteiger partial charge in [0.2, 0.25) is 5.91 Å². The summed E-state index contributed by atoms with van der Waals surface area (Å²) in [5.41, 5.74) is 0.543. The molecule has 1 aliphatic heterocycles. The van der Waals surface area contributed by atoms with Gasteiger partial charge in [-0.15, -0.1) is 23.7 Å². The van der Waals surface area contributed by atoms with Crippen molar-refractivity contribution in [2.24, 2.45) is 10.2 Å². The predicted octanol–water partition coefficient (Wildman–Crippen LogP) is 3.96. The summed E-state index contributed by atoms with van der Waals surface area (Å²) in [4.78, 5) is 16.5. The van der Waals surface area contributed by atoms with E-state index in [1.807, 2.05) is 18.2 Å². The first-order valence-corrected chi connectivity index (χ1v) is 8.99. The van der Waals surface area contributed by atoms with Gasteiger partial charge in [0, 0.05) is 43.7 Å².